The largest absolute Gasteiger partial charge is 0.472 e. The Hall–Kier alpha value is -4.11. The number of phosphoric ester groups is 1. The van der Waals surface area contributed by atoms with Crippen molar-refractivity contribution in [3.63, 3.8) is 0 Å². The molecule has 0 saturated carbocycles. The van der Waals surface area contributed by atoms with Gasteiger partial charge in [-0.15, -0.1) is 0 Å². The van der Waals surface area contributed by atoms with Crippen LogP contribution < -0.4 is 0 Å². The van der Waals surface area contributed by atoms with Crippen LogP contribution in [0.4, 0.5) is 0 Å². The topological polar surface area (TPSA) is 108 Å². The van der Waals surface area contributed by atoms with Gasteiger partial charge in [-0.2, -0.15) is 0 Å². The van der Waals surface area contributed by atoms with E-state index < -0.39 is 26.5 Å². The zero-order valence-corrected chi connectivity index (χ0v) is 65.1. The molecule has 9 nitrogen and oxygen atoms in total. The van der Waals surface area contributed by atoms with Gasteiger partial charge in [0.1, 0.15) is 19.8 Å². The first-order valence-electron chi connectivity index (χ1n) is 40.6. The number of unbranched alkanes of at least 4 members (excludes halogenated alkanes) is 36. The molecule has 10 heteroatoms. The maximum absolute atomic E-state index is 12.9. The molecule has 2 unspecified atom stereocenters. The summed E-state index contributed by atoms with van der Waals surface area (Å²) >= 11 is 0. The van der Waals surface area contributed by atoms with Crippen LogP contribution in [0.5, 0.6) is 0 Å². The molecule has 98 heavy (non-hydrogen) atoms. The van der Waals surface area contributed by atoms with E-state index in [0.29, 0.717) is 17.4 Å². The predicted molar refractivity (Wildman–Crippen MR) is 427 cm³/mol. The Kier molecular flexibility index (Phi) is 73.8. The van der Waals surface area contributed by atoms with Crippen molar-refractivity contribution in [1.29, 1.82) is 0 Å². The maximum Gasteiger partial charge on any atom is 0.472 e. The van der Waals surface area contributed by atoms with Crippen LogP contribution in [0, 0.1) is 0 Å². The number of ether oxygens (including phenoxy) is 2. The highest BCUT2D eigenvalue weighted by molar-refractivity contribution is 7.47. The first-order chi connectivity index (χ1) is 48.0. The van der Waals surface area contributed by atoms with E-state index in [1.807, 2.05) is 21.1 Å². The molecule has 0 spiro atoms. The second-order valence-corrected chi connectivity index (χ2v) is 29.5. The molecular weight excluding hydrogens is 1230 g/mol. The summed E-state index contributed by atoms with van der Waals surface area (Å²) in [7, 11) is 1.46. The summed E-state index contributed by atoms with van der Waals surface area (Å²) in [5, 5.41) is 0. The minimum absolute atomic E-state index is 0.0242. The monoisotopic (exact) mass is 1380 g/mol. The first-order valence-corrected chi connectivity index (χ1v) is 42.1. The maximum atomic E-state index is 12.9. The van der Waals surface area contributed by atoms with Gasteiger partial charge < -0.3 is 18.9 Å². The third-order valence-corrected chi connectivity index (χ3v) is 18.3. The number of allylic oxidation sites excluding steroid dienone is 24. The summed E-state index contributed by atoms with van der Waals surface area (Å²) in [5.74, 6) is -0.805. The molecule has 0 aromatic heterocycles. The molecular formula is C88H153NO8P+. The van der Waals surface area contributed by atoms with E-state index >= 15 is 0 Å². The average Bonchev–Trinajstić information content (AvgIpc) is 1.08. The van der Waals surface area contributed by atoms with E-state index in [1.165, 1.54) is 199 Å². The molecule has 0 aromatic carbocycles. The predicted octanol–water partition coefficient (Wildman–Crippen LogP) is 27.3. The highest BCUT2D eigenvalue weighted by Crippen LogP contribution is 2.43. The van der Waals surface area contributed by atoms with Crippen molar-refractivity contribution >= 4 is 19.8 Å². The summed E-state index contributed by atoms with van der Waals surface area (Å²) in [6.45, 7) is 4.33. The van der Waals surface area contributed by atoms with Gasteiger partial charge in [0.25, 0.3) is 0 Å². The van der Waals surface area contributed by atoms with Crippen molar-refractivity contribution in [1.82, 2.24) is 0 Å². The lowest BCUT2D eigenvalue weighted by Gasteiger charge is -2.24. The van der Waals surface area contributed by atoms with Crippen LogP contribution in [-0.4, -0.2) is 74.9 Å². The number of hydrogen-bond donors (Lipinski definition) is 1. The summed E-state index contributed by atoms with van der Waals surface area (Å²) in [4.78, 5) is 36.0. The summed E-state index contributed by atoms with van der Waals surface area (Å²) in [5.41, 5.74) is 0. The smallest absolute Gasteiger partial charge is 0.462 e. The van der Waals surface area contributed by atoms with Gasteiger partial charge in [-0.05, 0) is 122 Å². The van der Waals surface area contributed by atoms with Crippen molar-refractivity contribution in [2.45, 2.75) is 354 Å². The van der Waals surface area contributed by atoms with Gasteiger partial charge in [-0.1, -0.05) is 359 Å². The second kappa shape index (κ2) is 77.1. The van der Waals surface area contributed by atoms with E-state index in [1.54, 1.807) is 0 Å². The van der Waals surface area contributed by atoms with Crippen LogP contribution in [0.3, 0.4) is 0 Å². The van der Waals surface area contributed by atoms with E-state index in [0.717, 1.165) is 116 Å². The highest BCUT2D eigenvalue weighted by atomic mass is 31.2. The van der Waals surface area contributed by atoms with Crippen molar-refractivity contribution in [2.24, 2.45) is 0 Å². The van der Waals surface area contributed by atoms with Gasteiger partial charge in [-0.25, -0.2) is 4.57 Å². The molecule has 562 valence electrons. The van der Waals surface area contributed by atoms with Crippen LogP contribution in [-0.2, 0) is 32.7 Å². The standard InChI is InChI=1S/C88H152NO8P/c1-6-8-10-12-14-16-18-20-22-24-26-28-30-32-34-36-38-40-41-42-43-44-45-46-47-49-51-53-55-57-59-61-63-65-67-69-71-73-75-77-79-81-88(91)97-86(85-96-98(92,93)95-83-82-89(3,4)5)84-94-87(90)80-78-76-74-72-70-68-66-64-62-60-58-56-54-52-50-48-39-37-35-33-31-29-27-25-23-21-19-17-15-13-11-9-7-2/h8,10,14,16,20,22,25-28,32,34,38,40,42-43,45-46,49,51,55,57,61,63,86H,6-7,9,11-13,15,17-19,21,23-24,29-31,33,35-37,39,41,44,47-48,50,52-54,56,58-60,62,64-85H2,1-5H3/p+1/b10-8-,16-14-,22-20-,27-25-,28-26-,34-32-,40-38-,43-42-,46-45-,51-49-,57-55-,63-61-. The average molecular weight is 1380 g/mol. The van der Waals surface area contributed by atoms with Gasteiger partial charge in [-0.3, -0.25) is 18.6 Å². The minimum atomic E-state index is -4.41. The number of quaternary nitrogens is 1. The molecule has 0 bridgehead atoms. The Morgan fingerprint density at radius 2 is 0.582 bits per heavy atom. The van der Waals surface area contributed by atoms with Crippen molar-refractivity contribution < 1.29 is 42.1 Å². The molecule has 0 heterocycles. The lowest BCUT2D eigenvalue weighted by Crippen LogP contribution is -2.37. The van der Waals surface area contributed by atoms with Crippen LogP contribution in [0.2, 0.25) is 0 Å². The van der Waals surface area contributed by atoms with Crippen LogP contribution >= 0.6 is 7.82 Å². The molecule has 0 fully saturated rings. The number of esters is 2. The van der Waals surface area contributed by atoms with Gasteiger partial charge in [0, 0.05) is 12.8 Å². The number of hydrogen-bond acceptors (Lipinski definition) is 7. The fraction of sp³-hybridized carbons (Fsp3) is 0.705. The molecule has 0 aromatic rings. The van der Waals surface area contributed by atoms with Crippen molar-refractivity contribution in [2.75, 3.05) is 47.5 Å². The Labute approximate surface area is 605 Å². The molecule has 1 N–H and O–H groups in total. The number of nitrogens with zero attached hydrogens (tertiary/aromatic N) is 1. The third-order valence-electron chi connectivity index (χ3n) is 17.4. The van der Waals surface area contributed by atoms with Gasteiger partial charge >= 0.3 is 19.8 Å². The SMILES string of the molecule is CC/C=C\C/C=C\C/C=C\C/C=C\C/C=C\C/C=C\C/C=C\C/C=C\C/C=C\C/C=C\C/C=C\CCCCCCCCCC(=O)OC(COC(=O)CCCCCCCCCCCCCCCCCCCCCCC/C=C\CCCCCCCCCC)COP(=O)(O)OCC[N+](C)(C)C. The second-order valence-electron chi connectivity index (χ2n) is 28.1. The van der Waals surface area contributed by atoms with Gasteiger partial charge in [0.05, 0.1) is 27.7 Å². The normalized spacial score (nSPS) is 13.8. The number of carbonyl (C=O) groups excluding carboxylic acids is 2. The molecule has 0 aliphatic carbocycles. The lowest BCUT2D eigenvalue weighted by molar-refractivity contribution is -0.870. The number of rotatable bonds is 74. The minimum Gasteiger partial charge on any atom is -0.462 e. The molecule has 0 aliphatic rings. The zero-order valence-electron chi connectivity index (χ0n) is 64.2. The molecule has 2 atom stereocenters. The van der Waals surface area contributed by atoms with E-state index in [-0.39, 0.29) is 32.0 Å². The fourth-order valence-corrected chi connectivity index (χ4v) is 11.9. The Morgan fingerprint density at radius 3 is 0.878 bits per heavy atom. The lowest BCUT2D eigenvalue weighted by atomic mass is 10.0. The van der Waals surface area contributed by atoms with Crippen LogP contribution in [0.1, 0.15) is 348 Å². The molecule has 0 saturated heterocycles. The zero-order chi connectivity index (χ0) is 71.1. The summed E-state index contributed by atoms with van der Waals surface area (Å²) < 4.78 is 34.8. The van der Waals surface area contributed by atoms with Gasteiger partial charge in [0.2, 0.25) is 0 Å². The quantitative estimate of drug-likeness (QED) is 0.0211. The highest BCUT2D eigenvalue weighted by Gasteiger charge is 2.27. The number of likely N-dealkylation sites (N-methyl/N-ethyl adjacent to an activating group) is 1. The van der Waals surface area contributed by atoms with Crippen LogP contribution in [0.25, 0.3) is 0 Å². The van der Waals surface area contributed by atoms with E-state index in [2.05, 4.69) is 160 Å². The first kappa shape index (κ1) is 93.9. The molecule has 0 radical (unpaired) electrons. The summed E-state index contributed by atoms with van der Waals surface area (Å²) in [6.07, 6.45) is 114. The Morgan fingerprint density at radius 1 is 0.327 bits per heavy atom. The van der Waals surface area contributed by atoms with Crippen molar-refractivity contribution in [3.8, 4) is 0 Å². The molecule has 0 rings (SSSR count). The van der Waals surface area contributed by atoms with E-state index in [9.17, 15) is 19.0 Å². The fourth-order valence-electron chi connectivity index (χ4n) is 11.2. The van der Waals surface area contributed by atoms with Crippen LogP contribution in [0.15, 0.2) is 146 Å². The number of phosphoric acid groups is 1. The third kappa shape index (κ3) is 80.9. The number of carbonyl (C=O) groups is 2. The van der Waals surface area contributed by atoms with Crippen molar-refractivity contribution in [3.05, 3.63) is 146 Å². The van der Waals surface area contributed by atoms with Gasteiger partial charge in [0.15, 0.2) is 6.10 Å². The Bertz CT molecular complexity index is 2170. The Balaban J connectivity index is 4.05. The molecule has 0 amide bonds. The summed E-state index contributed by atoms with van der Waals surface area (Å²) in [6, 6.07) is 0. The van der Waals surface area contributed by atoms with E-state index in [4.69, 9.17) is 18.5 Å². The molecule has 0 aliphatic heterocycles.